The summed E-state index contributed by atoms with van der Waals surface area (Å²) < 4.78 is 14.3. The summed E-state index contributed by atoms with van der Waals surface area (Å²) in [4.78, 5) is 4.04. The summed E-state index contributed by atoms with van der Waals surface area (Å²) in [5, 5.41) is 9.72. The van der Waals surface area contributed by atoms with Gasteiger partial charge in [-0.1, -0.05) is 15.9 Å². The summed E-state index contributed by atoms with van der Waals surface area (Å²) in [6.07, 6.45) is 1.45. The van der Waals surface area contributed by atoms with Crippen LogP contribution in [-0.4, -0.2) is 15.2 Å². The summed E-state index contributed by atoms with van der Waals surface area (Å²) in [7, 11) is 0. The Bertz CT molecular complexity index is 486. The number of hydrogen-bond donors (Lipinski definition) is 2. The van der Waals surface area contributed by atoms with Gasteiger partial charge < -0.3 is 5.32 Å². The quantitative estimate of drug-likeness (QED) is 0.912. The SMILES string of the molecule is CC(NCc1cc(Br)ccc1F)c1ncn[nH]1. The van der Waals surface area contributed by atoms with E-state index in [1.807, 2.05) is 6.92 Å². The molecule has 0 radical (unpaired) electrons. The second-order valence-corrected chi connectivity index (χ2v) is 4.62. The predicted molar refractivity (Wildman–Crippen MR) is 65.7 cm³/mol. The van der Waals surface area contributed by atoms with Gasteiger partial charge in [-0.2, -0.15) is 5.10 Å². The maximum atomic E-state index is 13.5. The van der Waals surface area contributed by atoms with Crippen molar-refractivity contribution in [2.45, 2.75) is 19.5 Å². The molecule has 17 heavy (non-hydrogen) atoms. The van der Waals surface area contributed by atoms with E-state index in [4.69, 9.17) is 0 Å². The molecule has 2 aromatic rings. The van der Waals surface area contributed by atoms with Crippen molar-refractivity contribution in [3.63, 3.8) is 0 Å². The van der Waals surface area contributed by atoms with E-state index in [0.717, 1.165) is 10.3 Å². The molecule has 0 fully saturated rings. The average Bonchev–Trinajstić information content (AvgIpc) is 2.83. The van der Waals surface area contributed by atoms with Gasteiger partial charge in [-0.25, -0.2) is 9.37 Å². The Morgan fingerprint density at radius 1 is 1.53 bits per heavy atom. The molecule has 2 N–H and O–H groups in total. The fourth-order valence-corrected chi connectivity index (χ4v) is 1.87. The summed E-state index contributed by atoms with van der Waals surface area (Å²) in [5.74, 6) is 0.519. The Kier molecular flexibility index (Phi) is 3.86. The first-order chi connectivity index (χ1) is 8.16. The summed E-state index contributed by atoms with van der Waals surface area (Å²) in [6.45, 7) is 2.38. The smallest absolute Gasteiger partial charge is 0.141 e. The molecule has 0 aliphatic rings. The lowest BCUT2D eigenvalue weighted by Gasteiger charge is -2.11. The molecule has 6 heteroatoms. The van der Waals surface area contributed by atoms with Crippen molar-refractivity contribution >= 4 is 15.9 Å². The van der Waals surface area contributed by atoms with Crippen molar-refractivity contribution in [1.29, 1.82) is 0 Å². The van der Waals surface area contributed by atoms with Crippen LogP contribution < -0.4 is 5.32 Å². The summed E-state index contributed by atoms with van der Waals surface area (Å²) in [6, 6.07) is 4.88. The number of rotatable bonds is 4. The molecule has 1 atom stereocenters. The number of aromatic amines is 1. The van der Waals surface area contributed by atoms with Crippen molar-refractivity contribution in [3.05, 3.63) is 46.2 Å². The minimum atomic E-state index is -0.217. The lowest BCUT2D eigenvalue weighted by molar-refractivity contribution is 0.526. The molecule has 0 saturated heterocycles. The number of aromatic nitrogens is 3. The zero-order chi connectivity index (χ0) is 12.3. The van der Waals surface area contributed by atoms with Gasteiger partial charge in [-0.15, -0.1) is 0 Å². The van der Waals surface area contributed by atoms with Crippen molar-refractivity contribution in [1.82, 2.24) is 20.5 Å². The zero-order valence-corrected chi connectivity index (χ0v) is 10.8. The van der Waals surface area contributed by atoms with Crippen LogP contribution >= 0.6 is 15.9 Å². The third kappa shape index (κ3) is 3.10. The van der Waals surface area contributed by atoms with Crippen molar-refractivity contribution < 1.29 is 4.39 Å². The Morgan fingerprint density at radius 2 is 2.35 bits per heavy atom. The summed E-state index contributed by atoms with van der Waals surface area (Å²) >= 11 is 3.32. The third-order valence-corrected chi connectivity index (χ3v) is 2.94. The first-order valence-corrected chi connectivity index (χ1v) is 5.98. The maximum absolute atomic E-state index is 13.5. The minimum absolute atomic E-state index is 0.00381. The van der Waals surface area contributed by atoms with Crippen LogP contribution in [0, 0.1) is 5.82 Å². The second kappa shape index (κ2) is 5.37. The monoisotopic (exact) mass is 298 g/mol. The van der Waals surface area contributed by atoms with Crippen LogP contribution in [0.5, 0.6) is 0 Å². The first-order valence-electron chi connectivity index (χ1n) is 5.19. The van der Waals surface area contributed by atoms with Crippen LogP contribution in [-0.2, 0) is 6.54 Å². The van der Waals surface area contributed by atoms with Gasteiger partial charge in [0.15, 0.2) is 0 Å². The van der Waals surface area contributed by atoms with Gasteiger partial charge in [-0.3, -0.25) is 5.10 Å². The van der Waals surface area contributed by atoms with Crippen LogP contribution in [0.15, 0.2) is 29.0 Å². The van der Waals surface area contributed by atoms with E-state index in [-0.39, 0.29) is 11.9 Å². The highest BCUT2D eigenvalue weighted by molar-refractivity contribution is 9.10. The Hall–Kier alpha value is -1.27. The number of H-pyrrole nitrogens is 1. The van der Waals surface area contributed by atoms with Crippen LogP contribution in [0.25, 0.3) is 0 Å². The van der Waals surface area contributed by atoms with Crippen LogP contribution in [0.2, 0.25) is 0 Å². The Balaban J connectivity index is 2.00. The molecule has 1 unspecified atom stereocenters. The lowest BCUT2D eigenvalue weighted by Crippen LogP contribution is -2.19. The highest BCUT2D eigenvalue weighted by Gasteiger charge is 2.09. The van der Waals surface area contributed by atoms with Gasteiger partial charge in [0.2, 0.25) is 0 Å². The first kappa shape index (κ1) is 12.2. The van der Waals surface area contributed by atoms with E-state index < -0.39 is 0 Å². The van der Waals surface area contributed by atoms with Crippen LogP contribution in [0.4, 0.5) is 4.39 Å². The van der Waals surface area contributed by atoms with E-state index in [2.05, 4.69) is 36.4 Å². The third-order valence-electron chi connectivity index (χ3n) is 2.45. The highest BCUT2D eigenvalue weighted by Crippen LogP contribution is 2.16. The molecule has 1 aromatic heterocycles. The van der Waals surface area contributed by atoms with Crippen LogP contribution in [0.3, 0.4) is 0 Å². The predicted octanol–water partition coefficient (Wildman–Crippen LogP) is 2.56. The molecule has 4 nitrogen and oxygen atoms in total. The molecule has 2 rings (SSSR count). The fraction of sp³-hybridized carbons (Fsp3) is 0.273. The molecular weight excluding hydrogens is 287 g/mol. The number of benzene rings is 1. The largest absolute Gasteiger partial charge is 0.303 e. The van der Waals surface area contributed by atoms with E-state index in [9.17, 15) is 4.39 Å². The van der Waals surface area contributed by atoms with E-state index in [0.29, 0.717) is 12.1 Å². The van der Waals surface area contributed by atoms with Crippen molar-refractivity contribution in [2.75, 3.05) is 0 Å². The van der Waals surface area contributed by atoms with Gasteiger partial charge in [0.25, 0.3) is 0 Å². The Morgan fingerprint density at radius 3 is 3.06 bits per heavy atom. The van der Waals surface area contributed by atoms with Crippen LogP contribution in [0.1, 0.15) is 24.4 Å². The van der Waals surface area contributed by atoms with E-state index in [1.165, 1.54) is 12.4 Å². The molecule has 1 heterocycles. The van der Waals surface area contributed by atoms with Gasteiger partial charge >= 0.3 is 0 Å². The van der Waals surface area contributed by atoms with Crippen molar-refractivity contribution in [2.24, 2.45) is 0 Å². The topological polar surface area (TPSA) is 53.6 Å². The minimum Gasteiger partial charge on any atom is -0.303 e. The van der Waals surface area contributed by atoms with Gasteiger partial charge in [-0.05, 0) is 25.1 Å². The molecule has 0 saturated carbocycles. The van der Waals surface area contributed by atoms with E-state index in [1.54, 1.807) is 12.1 Å². The normalized spacial score (nSPS) is 12.6. The molecule has 0 spiro atoms. The van der Waals surface area contributed by atoms with Gasteiger partial charge in [0.1, 0.15) is 18.0 Å². The zero-order valence-electron chi connectivity index (χ0n) is 9.24. The van der Waals surface area contributed by atoms with Gasteiger partial charge in [0, 0.05) is 16.6 Å². The molecule has 0 bridgehead atoms. The summed E-state index contributed by atoms with van der Waals surface area (Å²) in [5.41, 5.74) is 0.616. The lowest BCUT2D eigenvalue weighted by atomic mass is 10.2. The second-order valence-electron chi connectivity index (χ2n) is 3.71. The molecule has 0 amide bonds. The highest BCUT2D eigenvalue weighted by atomic mass is 79.9. The maximum Gasteiger partial charge on any atom is 0.141 e. The molecule has 0 aliphatic carbocycles. The average molecular weight is 299 g/mol. The number of halogens is 2. The molecule has 0 aliphatic heterocycles. The number of nitrogens with zero attached hydrogens (tertiary/aromatic N) is 2. The van der Waals surface area contributed by atoms with E-state index >= 15 is 0 Å². The molecule has 1 aromatic carbocycles. The molecule has 90 valence electrons. The fourth-order valence-electron chi connectivity index (χ4n) is 1.46. The number of hydrogen-bond acceptors (Lipinski definition) is 3. The van der Waals surface area contributed by atoms with Gasteiger partial charge in [0.05, 0.1) is 6.04 Å². The molecular formula is C11H12BrFN4. The van der Waals surface area contributed by atoms with Crippen molar-refractivity contribution in [3.8, 4) is 0 Å². The number of nitrogens with one attached hydrogen (secondary N) is 2. The Labute approximate surface area is 107 Å². The standard InChI is InChI=1S/C11H12BrFN4/c1-7(11-15-6-16-17-11)14-5-8-4-9(12)2-3-10(8)13/h2-4,6-7,14H,5H2,1H3,(H,15,16,17).